The molecule has 2 aromatic rings. The molecule has 1 aliphatic rings. The van der Waals surface area contributed by atoms with Gasteiger partial charge in [0.05, 0.1) is 13.2 Å². The quantitative estimate of drug-likeness (QED) is 0.734. The zero-order valence-electron chi connectivity index (χ0n) is 13.2. The van der Waals surface area contributed by atoms with Crippen LogP contribution >= 0.6 is 11.6 Å². The summed E-state index contributed by atoms with van der Waals surface area (Å²) in [6.45, 7) is 1.19. The van der Waals surface area contributed by atoms with Gasteiger partial charge in [-0.05, 0) is 29.8 Å². The molecular formula is C16H16ClNO6S. The van der Waals surface area contributed by atoms with E-state index in [0.717, 1.165) is 5.56 Å². The number of furan rings is 1. The summed E-state index contributed by atoms with van der Waals surface area (Å²) in [7, 11) is -3.78. The van der Waals surface area contributed by atoms with Crippen LogP contribution in [0.15, 0.2) is 45.9 Å². The second-order valence-electron chi connectivity index (χ2n) is 5.34. The maximum Gasteiger partial charge on any atom is 0.374 e. The lowest BCUT2D eigenvalue weighted by Crippen LogP contribution is -2.40. The fourth-order valence-corrected chi connectivity index (χ4v) is 3.73. The smallest absolute Gasteiger partial charge is 0.374 e. The third kappa shape index (κ3) is 4.21. The maximum absolute atomic E-state index is 12.4. The molecule has 25 heavy (non-hydrogen) atoms. The summed E-state index contributed by atoms with van der Waals surface area (Å²) in [4.78, 5) is 12.0. The van der Waals surface area contributed by atoms with Gasteiger partial charge in [0.25, 0.3) is 10.0 Å². The molecule has 2 heterocycles. The number of nitrogens with zero attached hydrogens (tertiary/aromatic N) is 1. The van der Waals surface area contributed by atoms with Crippen molar-refractivity contribution >= 4 is 27.6 Å². The fraction of sp³-hybridized carbons (Fsp3) is 0.312. The number of sulfonamides is 1. The first-order valence-electron chi connectivity index (χ1n) is 7.56. The van der Waals surface area contributed by atoms with Crippen LogP contribution in [0.4, 0.5) is 0 Å². The predicted octanol–water partition coefficient (Wildman–Crippen LogP) is 2.31. The highest BCUT2D eigenvalue weighted by molar-refractivity contribution is 7.89. The standard InChI is InChI=1S/C16H16ClNO6S/c17-13-3-1-12(2-4-13)11-23-16(19)14-5-6-15(24-14)25(20,21)18-7-9-22-10-8-18/h1-6H,7-11H2. The van der Waals surface area contributed by atoms with Gasteiger partial charge in [-0.15, -0.1) is 0 Å². The summed E-state index contributed by atoms with van der Waals surface area (Å²) in [6, 6.07) is 9.37. The van der Waals surface area contributed by atoms with Crippen LogP contribution in [0, 0.1) is 0 Å². The Morgan fingerprint density at radius 3 is 2.48 bits per heavy atom. The molecule has 1 fully saturated rings. The highest BCUT2D eigenvalue weighted by atomic mass is 35.5. The summed E-state index contributed by atoms with van der Waals surface area (Å²) in [5.74, 6) is -0.904. The number of ether oxygens (including phenoxy) is 2. The molecule has 0 N–H and O–H groups in total. The number of benzene rings is 1. The molecule has 0 unspecified atom stereocenters. The Labute approximate surface area is 150 Å². The van der Waals surface area contributed by atoms with Crippen LogP contribution in [-0.4, -0.2) is 45.0 Å². The van der Waals surface area contributed by atoms with Crippen LogP contribution in [0.3, 0.4) is 0 Å². The van der Waals surface area contributed by atoms with E-state index in [4.69, 9.17) is 25.5 Å². The zero-order chi connectivity index (χ0) is 17.9. The van der Waals surface area contributed by atoms with E-state index in [9.17, 15) is 13.2 Å². The molecule has 7 nitrogen and oxygen atoms in total. The lowest BCUT2D eigenvalue weighted by Gasteiger charge is -2.24. The molecule has 134 valence electrons. The van der Waals surface area contributed by atoms with Crippen molar-refractivity contribution in [3.8, 4) is 0 Å². The van der Waals surface area contributed by atoms with Gasteiger partial charge in [0.15, 0.2) is 0 Å². The maximum atomic E-state index is 12.4. The van der Waals surface area contributed by atoms with Crippen LogP contribution in [0.5, 0.6) is 0 Å². The lowest BCUT2D eigenvalue weighted by atomic mass is 10.2. The summed E-state index contributed by atoms with van der Waals surface area (Å²) in [5.41, 5.74) is 0.755. The number of hydrogen-bond donors (Lipinski definition) is 0. The van der Waals surface area contributed by atoms with Gasteiger partial charge in [-0.2, -0.15) is 4.31 Å². The summed E-state index contributed by atoms with van der Waals surface area (Å²) >= 11 is 5.79. The molecule has 1 aromatic carbocycles. The first-order valence-corrected chi connectivity index (χ1v) is 9.38. The van der Waals surface area contributed by atoms with Crippen molar-refractivity contribution < 1.29 is 27.1 Å². The SMILES string of the molecule is O=C(OCc1ccc(Cl)cc1)c1ccc(S(=O)(=O)N2CCOCC2)o1. The van der Waals surface area contributed by atoms with Crippen molar-refractivity contribution in [2.24, 2.45) is 0 Å². The molecule has 1 aromatic heterocycles. The van der Waals surface area contributed by atoms with Crippen LogP contribution in [0.25, 0.3) is 0 Å². The lowest BCUT2D eigenvalue weighted by molar-refractivity contribution is 0.0429. The molecule has 0 spiro atoms. The molecule has 1 saturated heterocycles. The number of halogens is 1. The Bertz CT molecular complexity index is 840. The topological polar surface area (TPSA) is 86.1 Å². The molecule has 0 amide bonds. The van der Waals surface area contributed by atoms with Gasteiger partial charge < -0.3 is 13.9 Å². The predicted molar refractivity (Wildman–Crippen MR) is 88.9 cm³/mol. The number of rotatable bonds is 5. The Kier molecular flexibility index (Phi) is 5.43. The van der Waals surface area contributed by atoms with Crippen LogP contribution in [0.2, 0.25) is 5.02 Å². The van der Waals surface area contributed by atoms with Crippen LogP contribution in [-0.2, 0) is 26.1 Å². The molecule has 0 saturated carbocycles. The van der Waals surface area contributed by atoms with Crippen molar-refractivity contribution in [1.29, 1.82) is 0 Å². The van der Waals surface area contributed by atoms with Crippen molar-refractivity contribution in [3.05, 3.63) is 52.7 Å². The van der Waals surface area contributed by atoms with Gasteiger partial charge in [-0.25, -0.2) is 13.2 Å². The Morgan fingerprint density at radius 1 is 1.12 bits per heavy atom. The van der Waals surface area contributed by atoms with Gasteiger partial charge in [-0.3, -0.25) is 0 Å². The second-order valence-corrected chi connectivity index (χ2v) is 7.64. The van der Waals surface area contributed by atoms with E-state index in [1.54, 1.807) is 24.3 Å². The largest absolute Gasteiger partial charge is 0.455 e. The average molecular weight is 386 g/mol. The number of carbonyl (C=O) groups excluding carboxylic acids is 1. The molecule has 0 bridgehead atoms. The molecular weight excluding hydrogens is 370 g/mol. The minimum atomic E-state index is -3.78. The van der Waals surface area contributed by atoms with Crippen molar-refractivity contribution in [3.63, 3.8) is 0 Å². The van der Waals surface area contributed by atoms with Crippen molar-refractivity contribution in [1.82, 2.24) is 4.31 Å². The number of carbonyl (C=O) groups is 1. The first kappa shape index (κ1) is 17.9. The van der Waals surface area contributed by atoms with E-state index < -0.39 is 16.0 Å². The van der Waals surface area contributed by atoms with Crippen LogP contribution < -0.4 is 0 Å². The van der Waals surface area contributed by atoms with Gasteiger partial charge in [0.1, 0.15) is 6.61 Å². The minimum absolute atomic E-state index is 0.0300. The second kappa shape index (κ2) is 7.57. The van der Waals surface area contributed by atoms with Gasteiger partial charge >= 0.3 is 5.97 Å². The monoisotopic (exact) mass is 385 g/mol. The third-order valence-electron chi connectivity index (χ3n) is 3.63. The Morgan fingerprint density at radius 2 is 1.80 bits per heavy atom. The van der Waals surface area contributed by atoms with Crippen LogP contribution in [0.1, 0.15) is 16.1 Å². The van der Waals surface area contributed by atoms with Gasteiger partial charge in [0.2, 0.25) is 10.9 Å². The minimum Gasteiger partial charge on any atom is -0.455 e. The molecule has 3 rings (SSSR count). The Hall–Kier alpha value is -1.87. The van der Waals surface area contributed by atoms with Gasteiger partial charge in [-0.1, -0.05) is 23.7 Å². The van der Waals surface area contributed by atoms with E-state index in [1.807, 2.05) is 0 Å². The molecule has 1 aliphatic heterocycles. The van der Waals surface area contributed by atoms with E-state index >= 15 is 0 Å². The number of morpholine rings is 1. The Balaban J connectivity index is 1.65. The molecule has 0 atom stereocenters. The van der Waals surface area contributed by atoms with Gasteiger partial charge in [0, 0.05) is 18.1 Å². The van der Waals surface area contributed by atoms with Crippen molar-refractivity contribution in [2.45, 2.75) is 11.7 Å². The summed E-state index contributed by atoms with van der Waals surface area (Å²) in [6.07, 6.45) is 0. The average Bonchev–Trinajstić information content (AvgIpc) is 3.13. The van der Waals surface area contributed by atoms with E-state index in [0.29, 0.717) is 18.2 Å². The highest BCUT2D eigenvalue weighted by Crippen LogP contribution is 2.20. The highest BCUT2D eigenvalue weighted by Gasteiger charge is 2.30. The van der Waals surface area contributed by atoms with Crippen molar-refractivity contribution in [2.75, 3.05) is 26.3 Å². The number of esters is 1. The normalized spacial score (nSPS) is 15.9. The fourth-order valence-electron chi connectivity index (χ4n) is 2.28. The van der Waals surface area contributed by atoms with E-state index in [2.05, 4.69) is 0 Å². The number of hydrogen-bond acceptors (Lipinski definition) is 6. The molecule has 0 aliphatic carbocycles. The molecule has 0 radical (unpaired) electrons. The molecule has 9 heteroatoms. The van der Waals surface area contributed by atoms with E-state index in [1.165, 1.54) is 16.4 Å². The first-order chi connectivity index (χ1) is 12.0. The zero-order valence-corrected chi connectivity index (χ0v) is 14.8. The summed E-state index contributed by atoms with van der Waals surface area (Å²) in [5, 5.41) is 0.298. The third-order valence-corrected chi connectivity index (χ3v) is 5.65. The summed E-state index contributed by atoms with van der Waals surface area (Å²) < 4.78 is 41.6. The van der Waals surface area contributed by atoms with E-state index in [-0.39, 0.29) is 30.5 Å².